The zero-order chi connectivity index (χ0) is 12.3. The Labute approximate surface area is 113 Å². The van der Waals surface area contributed by atoms with Crippen molar-refractivity contribution in [3.05, 3.63) is 53.6 Å². The second-order valence-corrected chi connectivity index (χ2v) is 4.10. The van der Waals surface area contributed by atoms with Crippen LogP contribution < -0.4 is 5.73 Å². The molecule has 0 saturated carbocycles. The summed E-state index contributed by atoms with van der Waals surface area (Å²) in [5.41, 5.74) is 10.4. The Kier molecular flexibility index (Phi) is 4.86. The molecule has 4 heteroatoms. The first-order valence-electron chi connectivity index (χ1n) is 5.50. The van der Waals surface area contributed by atoms with E-state index in [-0.39, 0.29) is 12.4 Å². The van der Waals surface area contributed by atoms with E-state index in [0.717, 1.165) is 11.3 Å². The summed E-state index contributed by atoms with van der Waals surface area (Å²) in [7, 11) is 0. The number of benzene rings is 2. The summed E-state index contributed by atoms with van der Waals surface area (Å²) in [6, 6.07) is 13.6. The third-order valence-electron chi connectivity index (χ3n) is 2.49. The Balaban J connectivity index is 0.00000162. The second kappa shape index (κ2) is 6.17. The molecule has 0 aliphatic rings. The van der Waals surface area contributed by atoms with E-state index in [0.29, 0.717) is 11.4 Å². The number of azo groups is 1. The fourth-order valence-electron chi connectivity index (χ4n) is 1.49. The van der Waals surface area contributed by atoms with Crippen LogP contribution in [0.2, 0.25) is 0 Å². The summed E-state index contributed by atoms with van der Waals surface area (Å²) in [5, 5.41) is 8.30. The standard InChI is InChI=1S/C14H15N3.ClH/c1-10-3-6-12(7-4-10)16-17-14-8-5-11(2)9-13(14)15;/h3-9H,15H2,1-2H3;1H. The van der Waals surface area contributed by atoms with Gasteiger partial charge in [0.05, 0.1) is 11.4 Å². The van der Waals surface area contributed by atoms with E-state index in [1.807, 2.05) is 56.3 Å². The number of hydrogen-bond donors (Lipinski definition) is 1. The van der Waals surface area contributed by atoms with Crippen molar-refractivity contribution < 1.29 is 0 Å². The number of anilines is 1. The number of rotatable bonds is 2. The zero-order valence-electron chi connectivity index (χ0n) is 10.4. The smallest absolute Gasteiger partial charge is 0.109 e. The molecule has 0 bridgehead atoms. The summed E-state index contributed by atoms with van der Waals surface area (Å²) in [6.45, 7) is 4.04. The van der Waals surface area contributed by atoms with Gasteiger partial charge in [0, 0.05) is 0 Å². The lowest BCUT2D eigenvalue weighted by molar-refractivity contribution is 1.22. The molecule has 0 saturated heterocycles. The molecule has 94 valence electrons. The Morgan fingerprint density at radius 3 is 2.06 bits per heavy atom. The summed E-state index contributed by atoms with van der Waals surface area (Å²) in [5.74, 6) is 0. The maximum Gasteiger partial charge on any atom is 0.109 e. The maximum atomic E-state index is 5.86. The van der Waals surface area contributed by atoms with Gasteiger partial charge in [-0.3, -0.25) is 0 Å². The molecule has 0 heterocycles. The average Bonchev–Trinajstić information content (AvgIpc) is 2.30. The SMILES string of the molecule is Cc1ccc(N=Nc2ccc(C)cc2N)cc1.Cl. The lowest BCUT2D eigenvalue weighted by Crippen LogP contribution is -1.85. The maximum absolute atomic E-state index is 5.86. The second-order valence-electron chi connectivity index (χ2n) is 4.10. The van der Waals surface area contributed by atoms with E-state index < -0.39 is 0 Å². The molecule has 0 atom stereocenters. The molecule has 2 aromatic rings. The number of nitrogens with two attached hydrogens (primary N) is 1. The zero-order valence-corrected chi connectivity index (χ0v) is 11.2. The van der Waals surface area contributed by atoms with Crippen molar-refractivity contribution in [1.82, 2.24) is 0 Å². The first-order chi connectivity index (χ1) is 8.15. The molecule has 2 rings (SSSR count). The summed E-state index contributed by atoms with van der Waals surface area (Å²) < 4.78 is 0. The van der Waals surface area contributed by atoms with Crippen LogP contribution in [0.1, 0.15) is 11.1 Å². The number of nitrogens with zero attached hydrogens (tertiary/aromatic N) is 2. The number of aryl methyl sites for hydroxylation is 2. The van der Waals surface area contributed by atoms with Gasteiger partial charge >= 0.3 is 0 Å². The molecule has 0 unspecified atom stereocenters. The predicted molar refractivity (Wildman–Crippen MR) is 78.2 cm³/mol. The molecule has 0 aliphatic heterocycles. The van der Waals surface area contributed by atoms with Crippen LogP contribution in [0.15, 0.2) is 52.7 Å². The quantitative estimate of drug-likeness (QED) is 0.617. The number of nitrogen functional groups attached to an aromatic ring is 1. The van der Waals surface area contributed by atoms with Gasteiger partial charge in [-0.1, -0.05) is 23.8 Å². The Hall–Kier alpha value is -1.87. The predicted octanol–water partition coefficient (Wildman–Crippen LogP) is 4.72. The third-order valence-corrected chi connectivity index (χ3v) is 2.49. The van der Waals surface area contributed by atoms with Crippen molar-refractivity contribution >= 4 is 29.5 Å². The number of halogens is 1. The van der Waals surface area contributed by atoms with Gasteiger partial charge in [0.25, 0.3) is 0 Å². The fraction of sp³-hybridized carbons (Fsp3) is 0.143. The van der Waals surface area contributed by atoms with Crippen LogP contribution >= 0.6 is 12.4 Å². The minimum Gasteiger partial charge on any atom is -0.397 e. The van der Waals surface area contributed by atoms with E-state index >= 15 is 0 Å². The monoisotopic (exact) mass is 261 g/mol. The van der Waals surface area contributed by atoms with Crippen LogP contribution in [0.3, 0.4) is 0 Å². The molecule has 0 fully saturated rings. The van der Waals surface area contributed by atoms with Crippen LogP contribution in [-0.4, -0.2) is 0 Å². The first-order valence-corrected chi connectivity index (χ1v) is 5.50. The normalized spacial score (nSPS) is 10.3. The minimum absolute atomic E-state index is 0. The van der Waals surface area contributed by atoms with E-state index in [2.05, 4.69) is 10.2 Å². The highest BCUT2D eigenvalue weighted by Gasteiger charge is 1.97. The molecular formula is C14H16ClN3. The van der Waals surface area contributed by atoms with Crippen molar-refractivity contribution in [2.45, 2.75) is 13.8 Å². The Morgan fingerprint density at radius 1 is 0.833 bits per heavy atom. The van der Waals surface area contributed by atoms with E-state index in [1.165, 1.54) is 5.56 Å². The van der Waals surface area contributed by atoms with E-state index in [4.69, 9.17) is 5.73 Å². The lowest BCUT2D eigenvalue weighted by Gasteiger charge is -2.00. The molecule has 3 nitrogen and oxygen atoms in total. The van der Waals surface area contributed by atoms with Crippen molar-refractivity contribution in [1.29, 1.82) is 0 Å². The lowest BCUT2D eigenvalue weighted by atomic mass is 10.2. The van der Waals surface area contributed by atoms with Gasteiger partial charge < -0.3 is 5.73 Å². The first kappa shape index (κ1) is 14.2. The third kappa shape index (κ3) is 3.57. The molecule has 18 heavy (non-hydrogen) atoms. The van der Waals surface area contributed by atoms with Crippen molar-refractivity contribution in [2.24, 2.45) is 10.2 Å². The molecular weight excluding hydrogens is 246 g/mol. The molecule has 0 aliphatic carbocycles. The van der Waals surface area contributed by atoms with Gasteiger partial charge in [0.15, 0.2) is 0 Å². The highest BCUT2D eigenvalue weighted by Crippen LogP contribution is 2.25. The fourth-order valence-corrected chi connectivity index (χ4v) is 1.49. The topological polar surface area (TPSA) is 50.7 Å². The molecule has 0 amide bonds. The van der Waals surface area contributed by atoms with Gasteiger partial charge in [-0.15, -0.1) is 17.5 Å². The van der Waals surface area contributed by atoms with Gasteiger partial charge in [-0.25, -0.2) is 0 Å². The van der Waals surface area contributed by atoms with Gasteiger partial charge in [-0.05, 0) is 43.7 Å². The highest BCUT2D eigenvalue weighted by molar-refractivity contribution is 5.85. The molecule has 0 spiro atoms. The van der Waals surface area contributed by atoms with Crippen LogP contribution in [0.5, 0.6) is 0 Å². The molecule has 2 N–H and O–H groups in total. The molecule has 0 radical (unpaired) electrons. The average molecular weight is 262 g/mol. The van der Waals surface area contributed by atoms with Gasteiger partial charge in [0.1, 0.15) is 5.69 Å². The molecule has 2 aromatic carbocycles. The summed E-state index contributed by atoms with van der Waals surface area (Å²) in [4.78, 5) is 0. The van der Waals surface area contributed by atoms with E-state index in [1.54, 1.807) is 0 Å². The Morgan fingerprint density at radius 2 is 1.44 bits per heavy atom. The van der Waals surface area contributed by atoms with Gasteiger partial charge in [0.2, 0.25) is 0 Å². The minimum atomic E-state index is 0. The van der Waals surface area contributed by atoms with Crippen LogP contribution in [0.4, 0.5) is 17.1 Å². The van der Waals surface area contributed by atoms with Crippen LogP contribution in [-0.2, 0) is 0 Å². The largest absolute Gasteiger partial charge is 0.397 e. The number of hydrogen-bond acceptors (Lipinski definition) is 3. The Bertz CT molecular complexity index is 547. The van der Waals surface area contributed by atoms with Crippen molar-refractivity contribution in [2.75, 3.05) is 5.73 Å². The molecule has 0 aromatic heterocycles. The van der Waals surface area contributed by atoms with Crippen LogP contribution in [0, 0.1) is 13.8 Å². The highest BCUT2D eigenvalue weighted by atomic mass is 35.5. The summed E-state index contributed by atoms with van der Waals surface area (Å²) >= 11 is 0. The van der Waals surface area contributed by atoms with E-state index in [9.17, 15) is 0 Å². The van der Waals surface area contributed by atoms with Crippen LogP contribution in [0.25, 0.3) is 0 Å². The van der Waals surface area contributed by atoms with Gasteiger partial charge in [-0.2, -0.15) is 5.11 Å². The van der Waals surface area contributed by atoms with Crippen molar-refractivity contribution in [3.63, 3.8) is 0 Å². The van der Waals surface area contributed by atoms with Crippen molar-refractivity contribution in [3.8, 4) is 0 Å². The summed E-state index contributed by atoms with van der Waals surface area (Å²) in [6.07, 6.45) is 0.